The van der Waals surface area contributed by atoms with Crippen LogP contribution in [0.15, 0.2) is 5.38 Å². The molecular weight excluding hydrogens is 257 g/mol. The maximum absolute atomic E-state index is 3.36. The SMILES string of the molecule is Ic1csc2c1CCNC2. The highest BCUT2D eigenvalue weighted by Crippen LogP contribution is 2.26. The summed E-state index contributed by atoms with van der Waals surface area (Å²) in [5, 5.41) is 5.61. The van der Waals surface area contributed by atoms with Crippen LogP contribution in [0.3, 0.4) is 0 Å². The third-order valence-corrected chi connectivity index (χ3v) is 4.18. The van der Waals surface area contributed by atoms with Gasteiger partial charge < -0.3 is 5.32 Å². The average Bonchev–Trinajstić information content (AvgIpc) is 2.34. The summed E-state index contributed by atoms with van der Waals surface area (Å²) >= 11 is 4.30. The molecule has 10 heavy (non-hydrogen) atoms. The molecule has 1 aromatic rings. The minimum atomic E-state index is 1.09. The minimum absolute atomic E-state index is 1.09. The van der Waals surface area contributed by atoms with Gasteiger partial charge in [0.15, 0.2) is 0 Å². The van der Waals surface area contributed by atoms with Gasteiger partial charge in [0.1, 0.15) is 0 Å². The summed E-state index contributed by atoms with van der Waals surface area (Å²) in [6.45, 7) is 2.24. The summed E-state index contributed by atoms with van der Waals surface area (Å²) in [7, 11) is 0. The van der Waals surface area contributed by atoms with Crippen LogP contribution >= 0.6 is 33.9 Å². The van der Waals surface area contributed by atoms with Crippen molar-refractivity contribution >= 4 is 33.9 Å². The Bertz CT molecular complexity index is 244. The molecule has 0 aliphatic carbocycles. The molecule has 2 heterocycles. The van der Waals surface area contributed by atoms with Gasteiger partial charge >= 0.3 is 0 Å². The van der Waals surface area contributed by atoms with Crippen molar-refractivity contribution in [2.45, 2.75) is 13.0 Å². The van der Waals surface area contributed by atoms with Crippen LogP contribution in [0, 0.1) is 3.57 Å². The van der Waals surface area contributed by atoms with Crippen molar-refractivity contribution in [3.8, 4) is 0 Å². The predicted octanol–water partition coefficient (Wildman–Crippen LogP) is 2.00. The molecule has 1 aromatic heterocycles. The second kappa shape index (κ2) is 2.79. The molecule has 1 aliphatic heterocycles. The second-order valence-corrected chi connectivity index (χ2v) is 4.54. The molecule has 1 nitrogen and oxygen atoms in total. The Kier molecular flexibility index (Phi) is 1.97. The highest BCUT2D eigenvalue weighted by Gasteiger charge is 2.12. The Morgan fingerprint density at radius 3 is 3.30 bits per heavy atom. The lowest BCUT2D eigenvalue weighted by Crippen LogP contribution is -2.22. The quantitative estimate of drug-likeness (QED) is 0.707. The van der Waals surface area contributed by atoms with Crippen molar-refractivity contribution in [1.82, 2.24) is 5.32 Å². The zero-order valence-corrected chi connectivity index (χ0v) is 8.46. The summed E-state index contributed by atoms with van der Waals surface area (Å²) in [4.78, 5) is 1.54. The largest absolute Gasteiger partial charge is 0.312 e. The van der Waals surface area contributed by atoms with Crippen molar-refractivity contribution in [1.29, 1.82) is 0 Å². The lowest BCUT2D eigenvalue weighted by atomic mass is 10.1. The van der Waals surface area contributed by atoms with Crippen molar-refractivity contribution in [3.05, 3.63) is 19.4 Å². The molecule has 0 aromatic carbocycles. The Morgan fingerprint density at radius 1 is 1.60 bits per heavy atom. The molecule has 1 aliphatic rings. The molecule has 0 saturated heterocycles. The number of hydrogen-bond donors (Lipinski definition) is 1. The van der Waals surface area contributed by atoms with Crippen molar-refractivity contribution in [2.75, 3.05) is 6.54 Å². The molecular formula is C7H8INS. The van der Waals surface area contributed by atoms with E-state index in [-0.39, 0.29) is 0 Å². The van der Waals surface area contributed by atoms with Crippen molar-refractivity contribution in [3.63, 3.8) is 0 Å². The average molecular weight is 265 g/mol. The molecule has 0 radical (unpaired) electrons. The molecule has 0 spiro atoms. The first-order valence-corrected chi connectivity index (χ1v) is 5.29. The van der Waals surface area contributed by atoms with Crippen LogP contribution in [0.25, 0.3) is 0 Å². The smallest absolute Gasteiger partial charge is 0.0302 e. The van der Waals surface area contributed by atoms with E-state index < -0.39 is 0 Å². The highest BCUT2D eigenvalue weighted by atomic mass is 127. The topological polar surface area (TPSA) is 12.0 Å². The van der Waals surface area contributed by atoms with Gasteiger partial charge in [-0.15, -0.1) is 11.3 Å². The summed E-state index contributed by atoms with van der Waals surface area (Å²) in [6, 6.07) is 0. The number of hydrogen-bond acceptors (Lipinski definition) is 2. The Balaban J connectivity index is 2.45. The van der Waals surface area contributed by atoms with Crippen molar-refractivity contribution < 1.29 is 0 Å². The third kappa shape index (κ3) is 1.10. The summed E-state index contributed by atoms with van der Waals surface area (Å²) in [5.74, 6) is 0. The van der Waals surface area contributed by atoms with Gasteiger partial charge in [0, 0.05) is 20.4 Å². The molecule has 3 heteroatoms. The van der Waals surface area contributed by atoms with E-state index in [2.05, 4.69) is 33.3 Å². The van der Waals surface area contributed by atoms with Gasteiger partial charge in [-0.25, -0.2) is 0 Å². The second-order valence-electron chi connectivity index (χ2n) is 2.41. The highest BCUT2D eigenvalue weighted by molar-refractivity contribution is 14.1. The van der Waals surface area contributed by atoms with E-state index in [1.165, 1.54) is 14.9 Å². The number of thiophene rings is 1. The fourth-order valence-corrected chi connectivity index (χ4v) is 3.31. The number of nitrogens with one attached hydrogen (secondary N) is 1. The monoisotopic (exact) mass is 265 g/mol. The van der Waals surface area contributed by atoms with Crippen LogP contribution in [0.5, 0.6) is 0 Å². The lowest BCUT2D eigenvalue weighted by Gasteiger charge is -2.12. The molecule has 1 N–H and O–H groups in total. The molecule has 0 fully saturated rings. The van der Waals surface area contributed by atoms with Crippen LogP contribution in [0.2, 0.25) is 0 Å². The van der Waals surface area contributed by atoms with E-state index in [4.69, 9.17) is 0 Å². The van der Waals surface area contributed by atoms with Gasteiger partial charge in [0.05, 0.1) is 0 Å². The minimum Gasteiger partial charge on any atom is -0.312 e. The van der Waals surface area contributed by atoms with E-state index in [0.29, 0.717) is 0 Å². The molecule has 0 unspecified atom stereocenters. The van der Waals surface area contributed by atoms with Gasteiger partial charge in [-0.1, -0.05) is 0 Å². The van der Waals surface area contributed by atoms with E-state index in [1.807, 2.05) is 11.3 Å². The van der Waals surface area contributed by atoms with Gasteiger partial charge in [0.2, 0.25) is 0 Å². The summed E-state index contributed by atoms with van der Waals surface area (Å²) in [6.07, 6.45) is 1.22. The lowest BCUT2D eigenvalue weighted by molar-refractivity contribution is 0.653. The molecule has 0 amide bonds. The third-order valence-electron chi connectivity index (χ3n) is 1.77. The Hall–Kier alpha value is 0.390. The number of rotatable bonds is 0. The normalized spacial score (nSPS) is 16.9. The van der Waals surface area contributed by atoms with Crippen molar-refractivity contribution in [2.24, 2.45) is 0 Å². The summed E-state index contributed by atoms with van der Waals surface area (Å²) < 4.78 is 1.46. The predicted molar refractivity (Wildman–Crippen MR) is 52.4 cm³/mol. The van der Waals surface area contributed by atoms with Gasteiger partial charge in [-0.2, -0.15) is 0 Å². The van der Waals surface area contributed by atoms with E-state index in [0.717, 1.165) is 13.1 Å². The van der Waals surface area contributed by atoms with Crippen LogP contribution in [0.1, 0.15) is 10.4 Å². The van der Waals surface area contributed by atoms with E-state index >= 15 is 0 Å². The fraction of sp³-hybridized carbons (Fsp3) is 0.429. The van der Waals surface area contributed by atoms with Crippen LogP contribution in [0.4, 0.5) is 0 Å². The first kappa shape index (κ1) is 7.06. The van der Waals surface area contributed by atoms with Crippen LogP contribution < -0.4 is 5.32 Å². The van der Waals surface area contributed by atoms with E-state index in [9.17, 15) is 0 Å². The standard InChI is InChI=1S/C7H8INS/c8-6-4-10-7-3-9-2-1-5(6)7/h4,9H,1-3H2. The number of fused-ring (bicyclic) bond motifs is 1. The molecule has 54 valence electrons. The Morgan fingerprint density at radius 2 is 2.50 bits per heavy atom. The van der Waals surface area contributed by atoms with Gasteiger partial charge in [-0.3, -0.25) is 0 Å². The van der Waals surface area contributed by atoms with Gasteiger partial charge in [0.25, 0.3) is 0 Å². The first-order chi connectivity index (χ1) is 4.88. The zero-order valence-electron chi connectivity index (χ0n) is 5.48. The first-order valence-electron chi connectivity index (χ1n) is 3.33. The fourth-order valence-electron chi connectivity index (χ4n) is 1.22. The zero-order chi connectivity index (χ0) is 6.97. The Labute approximate surface area is 78.0 Å². The number of halogens is 1. The van der Waals surface area contributed by atoms with Gasteiger partial charge in [-0.05, 0) is 41.1 Å². The molecule has 2 rings (SSSR count). The molecule has 0 atom stereocenters. The maximum Gasteiger partial charge on any atom is 0.0302 e. The summed E-state index contributed by atoms with van der Waals surface area (Å²) in [5.41, 5.74) is 1.59. The molecule has 0 saturated carbocycles. The van der Waals surface area contributed by atoms with Crippen LogP contribution in [-0.2, 0) is 13.0 Å². The molecule has 0 bridgehead atoms. The van der Waals surface area contributed by atoms with Crippen LogP contribution in [-0.4, -0.2) is 6.54 Å². The van der Waals surface area contributed by atoms with E-state index in [1.54, 1.807) is 5.56 Å². The maximum atomic E-state index is 3.36.